The first-order valence-corrected chi connectivity index (χ1v) is 5.92. The van der Waals surface area contributed by atoms with Crippen molar-refractivity contribution in [2.24, 2.45) is 11.7 Å². The summed E-state index contributed by atoms with van der Waals surface area (Å²) in [5.74, 6) is 0.575. The molecule has 0 aliphatic carbocycles. The highest BCUT2D eigenvalue weighted by molar-refractivity contribution is 7.80. The number of hydrazine groups is 1. The smallest absolute Gasteiger partial charge is 0.181 e. The lowest BCUT2D eigenvalue weighted by atomic mass is 10.2. The molecule has 0 bridgehead atoms. The van der Waals surface area contributed by atoms with E-state index >= 15 is 0 Å². The fourth-order valence-electron chi connectivity index (χ4n) is 1.73. The minimum atomic E-state index is 0.494. The average molecular weight is 230 g/mol. The summed E-state index contributed by atoms with van der Waals surface area (Å²) in [5.41, 5.74) is 5.75. The summed E-state index contributed by atoms with van der Waals surface area (Å²) in [4.78, 5) is 2.32. The van der Waals surface area contributed by atoms with Crippen LogP contribution in [-0.2, 0) is 0 Å². The molecule has 0 aromatic carbocycles. The maximum absolute atomic E-state index is 5.75. The Bertz CT molecular complexity index is 211. The van der Waals surface area contributed by atoms with Crippen molar-refractivity contribution in [2.45, 2.75) is 13.8 Å². The van der Waals surface area contributed by atoms with Gasteiger partial charge in [0, 0.05) is 32.7 Å². The quantitative estimate of drug-likeness (QED) is 0.708. The van der Waals surface area contributed by atoms with Crippen LogP contribution in [0.1, 0.15) is 13.8 Å². The average Bonchev–Trinajstić information content (AvgIpc) is 2.15. The molecule has 5 heteroatoms. The van der Waals surface area contributed by atoms with Gasteiger partial charge in [-0.05, 0) is 25.2 Å². The minimum Gasteiger partial charge on any atom is -0.375 e. The van der Waals surface area contributed by atoms with E-state index in [1.807, 2.05) is 5.01 Å². The van der Waals surface area contributed by atoms with E-state index in [1.54, 1.807) is 0 Å². The van der Waals surface area contributed by atoms with Crippen molar-refractivity contribution in [3.8, 4) is 0 Å². The summed E-state index contributed by atoms with van der Waals surface area (Å²) in [5, 5.41) is 4.81. The number of nitrogens with two attached hydrogens (primary N) is 1. The van der Waals surface area contributed by atoms with Gasteiger partial charge in [0.05, 0.1) is 0 Å². The van der Waals surface area contributed by atoms with Gasteiger partial charge in [-0.25, -0.2) is 5.01 Å². The van der Waals surface area contributed by atoms with E-state index in [0.29, 0.717) is 11.0 Å². The van der Waals surface area contributed by atoms with Crippen molar-refractivity contribution >= 4 is 17.3 Å². The Labute approximate surface area is 98.0 Å². The molecule has 0 spiro atoms. The lowest BCUT2D eigenvalue weighted by Gasteiger charge is -2.41. The van der Waals surface area contributed by atoms with E-state index in [4.69, 9.17) is 18.0 Å². The van der Waals surface area contributed by atoms with Crippen LogP contribution in [-0.4, -0.2) is 59.8 Å². The highest BCUT2D eigenvalue weighted by atomic mass is 32.1. The summed E-state index contributed by atoms with van der Waals surface area (Å²) in [6.07, 6.45) is 0. The van der Waals surface area contributed by atoms with Crippen LogP contribution < -0.4 is 5.73 Å². The van der Waals surface area contributed by atoms with Crippen LogP contribution >= 0.6 is 12.2 Å². The zero-order valence-corrected chi connectivity index (χ0v) is 10.8. The van der Waals surface area contributed by atoms with Gasteiger partial charge in [-0.3, -0.25) is 5.01 Å². The molecule has 0 saturated carbocycles. The van der Waals surface area contributed by atoms with Gasteiger partial charge in [-0.2, -0.15) is 0 Å². The molecule has 1 rings (SSSR count). The third-order valence-electron chi connectivity index (χ3n) is 2.61. The first-order chi connectivity index (χ1) is 7.00. The second-order valence-corrected chi connectivity index (χ2v) is 4.99. The van der Waals surface area contributed by atoms with E-state index in [2.05, 4.69) is 30.8 Å². The van der Waals surface area contributed by atoms with Gasteiger partial charge in [0.25, 0.3) is 0 Å². The zero-order valence-electron chi connectivity index (χ0n) is 9.94. The molecule has 4 nitrogen and oxygen atoms in total. The molecule has 15 heavy (non-hydrogen) atoms. The van der Waals surface area contributed by atoms with Crippen molar-refractivity contribution in [1.82, 2.24) is 14.9 Å². The van der Waals surface area contributed by atoms with E-state index in [0.717, 1.165) is 32.7 Å². The molecule has 88 valence electrons. The molecule has 2 N–H and O–H groups in total. The molecule has 0 unspecified atom stereocenters. The van der Waals surface area contributed by atoms with Crippen LogP contribution in [0.3, 0.4) is 0 Å². The molecule has 0 aromatic heterocycles. The van der Waals surface area contributed by atoms with E-state index in [1.165, 1.54) is 0 Å². The fraction of sp³-hybridized carbons (Fsp3) is 0.900. The topological polar surface area (TPSA) is 35.7 Å². The van der Waals surface area contributed by atoms with Crippen LogP contribution in [0.15, 0.2) is 0 Å². The van der Waals surface area contributed by atoms with Crippen molar-refractivity contribution in [3.63, 3.8) is 0 Å². The lowest BCUT2D eigenvalue weighted by molar-refractivity contribution is -0.00293. The molecule has 1 aliphatic heterocycles. The Balaban J connectivity index is 2.52. The normalized spacial score (nSPS) is 19.5. The molecular weight excluding hydrogens is 208 g/mol. The fourth-order valence-corrected chi connectivity index (χ4v) is 1.92. The highest BCUT2D eigenvalue weighted by Crippen LogP contribution is 2.07. The lowest BCUT2D eigenvalue weighted by Crippen LogP contribution is -2.57. The molecule has 1 aliphatic rings. The van der Waals surface area contributed by atoms with Crippen LogP contribution in [0.5, 0.6) is 0 Å². The molecule has 0 aromatic rings. The second kappa shape index (κ2) is 5.63. The standard InChI is InChI=1S/C10H22N4S/c1-9(2)8-14(10(11)15)13-6-4-12(3)5-7-13/h9H,4-8H2,1-3H3,(H2,11,15). The number of likely N-dealkylation sites (N-methyl/N-ethyl adjacent to an activating group) is 1. The van der Waals surface area contributed by atoms with Crippen molar-refractivity contribution in [2.75, 3.05) is 39.8 Å². The Morgan fingerprint density at radius 3 is 2.27 bits per heavy atom. The number of hydrogen-bond acceptors (Lipinski definition) is 3. The molecule has 0 amide bonds. The molecular formula is C10H22N4S. The molecule has 0 atom stereocenters. The predicted molar refractivity (Wildman–Crippen MR) is 67.4 cm³/mol. The number of thiocarbonyl (C=S) groups is 1. The van der Waals surface area contributed by atoms with Crippen LogP contribution in [0.4, 0.5) is 0 Å². The van der Waals surface area contributed by atoms with Gasteiger partial charge in [-0.1, -0.05) is 13.8 Å². The minimum absolute atomic E-state index is 0.494. The van der Waals surface area contributed by atoms with Gasteiger partial charge in [-0.15, -0.1) is 0 Å². The van der Waals surface area contributed by atoms with Crippen molar-refractivity contribution < 1.29 is 0 Å². The van der Waals surface area contributed by atoms with Crippen molar-refractivity contribution in [3.05, 3.63) is 0 Å². The predicted octanol–water partition coefficient (Wildman–Crippen LogP) is 0.350. The maximum atomic E-state index is 5.75. The Kier molecular flexibility index (Phi) is 4.76. The Morgan fingerprint density at radius 2 is 1.87 bits per heavy atom. The summed E-state index contributed by atoms with van der Waals surface area (Å²) in [6.45, 7) is 9.47. The number of nitrogens with zero attached hydrogens (tertiary/aromatic N) is 3. The molecule has 1 heterocycles. The van der Waals surface area contributed by atoms with E-state index < -0.39 is 0 Å². The van der Waals surface area contributed by atoms with E-state index in [-0.39, 0.29) is 0 Å². The van der Waals surface area contributed by atoms with Gasteiger partial charge in [0.15, 0.2) is 5.11 Å². The Hall–Kier alpha value is -0.390. The van der Waals surface area contributed by atoms with Gasteiger partial charge >= 0.3 is 0 Å². The van der Waals surface area contributed by atoms with Gasteiger partial charge < -0.3 is 10.6 Å². The SMILES string of the molecule is CC(C)CN(C(N)=S)N1CCN(C)CC1. The van der Waals surface area contributed by atoms with Crippen LogP contribution in [0.25, 0.3) is 0 Å². The van der Waals surface area contributed by atoms with Crippen LogP contribution in [0, 0.1) is 5.92 Å². The second-order valence-electron chi connectivity index (χ2n) is 4.57. The Morgan fingerprint density at radius 1 is 1.33 bits per heavy atom. The third kappa shape index (κ3) is 3.93. The number of piperazine rings is 1. The van der Waals surface area contributed by atoms with Gasteiger partial charge in [0.2, 0.25) is 0 Å². The van der Waals surface area contributed by atoms with E-state index in [9.17, 15) is 0 Å². The first kappa shape index (κ1) is 12.7. The summed E-state index contributed by atoms with van der Waals surface area (Å²) in [7, 11) is 2.14. The largest absolute Gasteiger partial charge is 0.375 e. The monoisotopic (exact) mass is 230 g/mol. The van der Waals surface area contributed by atoms with Crippen molar-refractivity contribution in [1.29, 1.82) is 0 Å². The summed E-state index contributed by atoms with van der Waals surface area (Å²) >= 11 is 5.09. The molecule has 1 fully saturated rings. The zero-order chi connectivity index (χ0) is 11.4. The maximum Gasteiger partial charge on any atom is 0.181 e. The third-order valence-corrected chi connectivity index (χ3v) is 2.82. The first-order valence-electron chi connectivity index (χ1n) is 5.51. The van der Waals surface area contributed by atoms with Crippen LogP contribution in [0.2, 0.25) is 0 Å². The molecule has 1 saturated heterocycles. The molecule has 0 radical (unpaired) electrons. The summed E-state index contributed by atoms with van der Waals surface area (Å²) in [6, 6.07) is 0. The highest BCUT2D eigenvalue weighted by Gasteiger charge is 2.21. The summed E-state index contributed by atoms with van der Waals surface area (Å²) < 4.78 is 0. The number of hydrogen-bond donors (Lipinski definition) is 1. The van der Waals surface area contributed by atoms with Gasteiger partial charge in [0.1, 0.15) is 0 Å². The number of rotatable bonds is 3.